The highest BCUT2D eigenvalue weighted by molar-refractivity contribution is 5.37. The Bertz CT molecular complexity index is 642. The van der Waals surface area contributed by atoms with E-state index in [0.29, 0.717) is 0 Å². The van der Waals surface area contributed by atoms with Gasteiger partial charge in [0.2, 0.25) is 0 Å². The quantitative estimate of drug-likeness (QED) is 0.940. The van der Waals surface area contributed by atoms with Gasteiger partial charge in [-0.3, -0.25) is 9.88 Å². The van der Waals surface area contributed by atoms with Crippen molar-refractivity contribution >= 4 is 0 Å². The highest BCUT2D eigenvalue weighted by atomic mass is 16.5. The summed E-state index contributed by atoms with van der Waals surface area (Å²) in [5.74, 6) is 1.66. The van der Waals surface area contributed by atoms with Crippen LogP contribution in [-0.2, 0) is 6.54 Å². The molecule has 1 aromatic heterocycles. The van der Waals surface area contributed by atoms with Crippen LogP contribution in [0, 0.1) is 5.41 Å². The Kier molecular flexibility index (Phi) is 4.64. The average molecular weight is 311 g/mol. The third-order valence-corrected chi connectivity index (χ3v) is 4.62. The van der Waals surface area contributed by atoms with Crippen LogP contribution in [-0.4, -0.2) is 29.0 Å². The van der Waals surface area contributed by atoms with Crippen molar-refractivity contribution in [3.63, 3.8) is 0 Å². The van der Waals surface area contributed by atoms with Crippen LogP contribution in [0.15, 0.2) is 48.8 Å². The zero-order chi connectivity index (χ0) is 16.3. The minimum Gasteiger partial charge on any atom is -0.455 e. The number of ether oxygens (including phenoxy) is 1. The Morgan fingerprint density at radius 3 is 2.83 bits per heavy atom. The van der Waals surface area contributed by atoms with E-state index in [1.54, 1.807) is 12.4 Å². The van der Waals surface area contributed by atoms with Gasteiger partial charge in [-0.25, -0.2) is 0 Å². The van der Waals surface area contributed by atoms with E-state index in [2.05, 4.69) is 35.9 Å². The van der Waals surface area contributed by atoms with Crippen molar-refractivity contribution in [1.82, 2.24) is 9.88 Å². The summed E-state index contributed by atoms with van der Waals surface area (Å²) in [6.45, 7) is 7.43. The molecule has 1 aliphatic heterocycles. The summed E-state index contributed by atoms with van der Waals surface area (Å²) < 4.78 is 6.01. The van der Waals surface area contributed by atoms with E-state index in [9.17, 15) is 0 Å². The lowest BCUT2D eigenvalue weighted by atomic mass is 9.79. The Morgan fingerprint density at radius 1 is 1.26 bits per heavy atom. The molecule has 1 unspecified atom stereocenters. The zero-order valence-electron chi connectivity index (χ0n) is 13.9. The Balaban J connectivity index is 1.73. The number of nitrogens with two attached hydrogens (primary N) is 1. The van der Waals surface area contributed by atoms with Crippen molar-refractivity contribution in [3.8, 4) is 11.5 Å². The fourth-order valence-corrected chi connectivity index (χ4v) is 3.13. The monoisotopic (exact) mass is 311 g/mol. The first-order valence-electron chi connectivity index (χ1n) is 8.18. The Labute approximate surface area is 138 Å². The summed E-state index contributed by atoms with van der Waals surface area (Å²) in [5.41, 5.74) is 7.59. The van der Waals surface area contributed by atoms with Crippen LogP contribution in [0.5, 0.6) is 11.5 Å². The standard InChI is InChI=1S/C19H25N3O/c1-19(2)14-22(11-9-18(19)20)13-15-6-3-4-8-17(15)23-16-7-5-10-21-12-16/h3-8,10,12,18H,9,11,13-14,20H2,1-2H3. The number of aromatic nitrogens is 1. The number of rotatable bonds is 4. The number of nitrogens with zero attached hydrogens (tertiary/aromatic N) is 2. The molecule has 0 amide bonds. The molecule has 3 rings (SSSR count). The smallest absolute Gasteiger partial charge is 0.145 e. The van der Waals surface area contributed by atoms with Crippen molar-refractivity contribution in [1.29, 1.82) is 0 Å². The van der Waals surface area contributed by atoms with E-state index in [1.807, 2.05) is 24.3 Å². The third kappa shape index (κ3) is 3.89. The lowest BCUT2D eigenvalue weighted by Gasteiger charge is -2.42. The molecule has 2 heterocycles. The molecule has 23 heavy (non-hydrogen) atoms. The molecule has 1 aliphatic rings. The lowest BCUT2D eigenvalue weighted by Crippen LogP contribution is -2.52. The van der Waals surface area contributed by atoms with E-state index < -0.39 is 0 Å². The van der Waals surface area contributed by atoms with Gasteiger partial charge in [-0.05, 0) is 30.0 Å². The van der Waals surface area contributed by atoms with Crippen molar-refractivity contribution in [2.24, 2.45) is 11.1 Å². The van der Waals surface area contributed by atoms with Gasteiger partial charge in [0.15, 0.2) is 0 Å². The van der Waals surface area contributed by atoms with Crippen molar-refractivity contribution in [3.05, 3.63) is 54.4 Å². The fourth-order valence-electron chi connectivity index (χ4n) is 3.13. The molecule has 2 N–H and O–H groups in total. The molecule has 0 spiro atoms. The highest BCUT2D eigenvalue weighted by Gasteiger charge is 2.33. The number of benzene rings is 1. The van der Waals surface area contributed by atoms with Gasteiger partial charge in [-0.15, -0.1) is 0 Å². The summed E-state index contributed by atoms with van der Waals surface area (Å²) in [4.78, 5) is 6.57. The van der Waals surface area contributed by atoms with Crippen molar-refractivity contribution < 1.29 is 4.74 Å². The second-order valence-electron chi connectivity index (χ2n) is 6.99. The maximum absolute atomic E-state index is 6.24. The molecule has 0 aliphatic carbocycles. The summed E-state index contributed by atoms with van der Waals surface area (Å²) >= 11 is 0. The third-order valence-electron chi connectivity index (χ3n) is 4.62. The zero-order valence-corrected chi connectivity index (χ0v) is 13.9. The van der Waals surface area contributed by atoms with E-state index >= 15 is 0 Å². The van der Waals surface area contributed by atoms with Gasteiger partial charge in [0.25, 0.3) is 0 Å². The second kappa shape index (κ2) is 6.69. The van der Waals surface area contributed by atoms with Gasteiger partial charge in [-0.2, -0.15) is 0 Å². The van der Waals surface area contributed by atoms with Crippen LogP contribution in [0.4, 0.5) is 0 Å². The van der Waals surface area contributed by atoms with E-state index in [4.69, 9.17) is 10.5 Å². The molecule has 4 nitrogen and oxygen atoms in total. The van der Waals surface area contributed by atoms with Crippen LogP contribution in [0.25, 0.3) is 0 Å². The molecule has 1 aromatic carbocycles. The first kappa shape index (κ1) is 16.0. The number of pyridine rings is 1. The van der Waals surface area contributed by atoms with Gasteiger partial charge in [0.1, 0.15) is 11.5 Å². The van der Waals surface area contributed by atoms with Gasteiger partial charge in [-0.1, -0.05) is 32.0 Å². The number of hydrogen-bond donors (Lipinski definition) is 1. The first-order valence-corrected chi connectivity index (χ1v) is 8.18. The first-order chi connectivity index (χ1) is 11.0. The summed E-state index contributed by atoms with van der Waals surface area (Å²) in [5, 5.41) is 0. The van der Waals surface area contributed by atoms with Crippen molar-refractivity contribution in [2.75, 3.05) is 13.1 Å². The van der Waals surface area contributed by atoms with Crippen molar-refractivity contribution in [2.45, 2.75) is 32.9 Å². The molecule has 1 saturated heterocycles. The molecule has 122 valence electrons. The normalized spacial score (nSPS) is 21.1. The van der Waals surface area contributed by atoms with Gasteiger partial charge >= 0.3 is 0 Å². The van der Waals surface area contributed by atoms with Crippen LogP contribution >= 0.6 is 0 Å². The predicted molar refractivity (Wildman–Crippen MR) is 92.4 cm³/mol. The largest absolute Gasteiger partial charge is 0.455 e. The van der Waals surface area contributed by atoms with E-state index in [1.165, 1.54) is 5.56 Å². The van der Waals surface area contributed by atoms with Crippen LogP contribution in [0.2, 0.25) is 0 Å². The molecule has 2 aromatic rings. The minimum absolute atomic E-state index is 0.150. The Hall–Kier alpha value is -1.91. The number of hydrogen-bond acceptors (Lipinski definition) is 4. The maximum Gasteiger partial charge on any atom is 0.145 e. The van der Waals surface area contributed by atoms with Crippen LogP contribution in [0.3, 0.4) is 0 Å². The van der Waals surface area contributed by atoms with E-state index in [-0.39, 0.29) is 11.5 Å². The summed E-state index contributed by atoms with van der Waals surface area (Å²) in [6.07, 6.45) is 4.52. The summed E-state index contributed by atoms with van der Waals surface area (Å²) in [6, 6.07) is 12.3. The number of piperidine rings is 1. The Morgan fingerprint density at radius 2 is 2.09 bits per heavy atom. The van der Waals surface area contributed by atoms with Gasteiger partial charge in [0, 0.05) is 37.4 Å². The maximum atomic E-state index is 6.24. The topological polar surface area (TPSA) is 51.4 Å². The average Bonchev–Trinajstić information content (AvgIpc) is 2.54. The molecular formula is C19H25N3O. The molecule has 0 saturated carbocycles. The summed E-state index contributed by atoms with van der Waals surface area (Å²) in [7, 11) is 0. The number of likely N-dealkylation sites (tertiary alicyclic amines) is 1. The van der Waals surface area contributed by atoms with Crippen LogP contribution in [0.1, 0.15) is 25.8 Å². The molecule has 1 atom stereocenters. The number of para-hydroxylation sites is 1. The fraction of sp³-hybridized carbons (Fsp3) is 0.421. The predicted octanol–water partition coefficient (Wildman–Crippen LogP) is 3.43. The highest BCUT2D eigenvalue weighted by Crippen LogP contribution is 2.31. The van der Waals surface area contributed by atoms with Crippen LogP contribution < -0.4 is 10.5 Å². The molecule has 0 bridgehead atoms. The molecule has 0 radical (unpaired) electrons. The molecular weight excluding hydrogens is 286 g/mol. The van der Waals surface area contributed by atoms with Gasteiger partial charge in [0.05, 0.1) is 6.20 Å². The minimum atomic E-state index is 0.150. The molecule has 1 fully saturated rings. The van der Waals surface area contributed by atoms with E-state index in [0.717, 1.165) is 37.6 Å². The SMILES string of the molecule is CC1(C)CN(Cc2ccccc2Oc2cccnc2)CCC1N. The molecule has 4 heteroatoms. The lowest BCUT2D eigenvalue weighted by molar-refractivity contribution is 0.0893. The van der Waals surface area contributed by atoms with Gasteiger partial charge < -0.3 is 10.5 Å². The second-order valence-corrected chi connectivity index (χ2v) is 6.99.